The maximum atomic E-state index is 13.4. The third-order valence-electron chi connectivity index (χ3n) is 2.92. The van der Waals surface area contributed by atoms with Gasteiger partial charge in [-0.15, -0.1) is 0 Å². The van der Waals surface area contributed by atoms with Crippen LogP contribution in [0.15, 0.2) is 18.2 Å². The molecule has 0 unspecified atom stereocenters. The van der Waals surface area contributed by atoms with Gasteiger partial charge in [0.15, 0.2) is 0 Å². The van der Waals surface area contributed by atoms with Crippen molar-refractivity contribution in [3.05, 3.63) is 35.4 Å². The molecule has 1 saturated heterocycles. The van der Waals surface area contributed by atoms with Gasteiger partial charge in [0.25, 0.3) is 5.91 Å². The predicted molar refractivity (Wildman–Crippen MR) is 59.5 cm³/mol. The highest BCUT2D eigenvalue weighted by Crippen LogP contribution is 2.17. The minimum Gasteiger partial charge on any atom is -0.337 e. The van der Waals surface area contributed by atoms with Gasteiger partial charge in [-0.05, 0) is 25.0 Å². The number of nitrogens with zero attached hydrogens (tertiary/aromatic N) is 1. The standard InChI is InChI=1S/C12H14F2N2O/c13-9-4-1-5-10(14)11(9)12(17)16-6-2-3-8(15)7-16/h1,4-5,8H,2-3,6-7,15H2/t8-/m1/s1. The Labute approximate surface area is 98.2 Å². The predicted octanol–water partition coefficient (Wildman–Crippen LogP) is 1.53. The largest absolute Gasteiger partial charge is 0.337 e. The van der Waals surface area contributed by atoms with Crippen LogP contribution in [0.4, 0.5) is 8.78 Å². The molecule has 3 nitrogen and oxygen atoms in total. The van der Waals surface area contributed by atoms with Crippen LogP contribution < -0.4 is 5.73 Å². The fourth-order valence-corrected chi connectivity index (χ4v) is 2.05. The van der Waals surface area contributed by atoms with Crippen LogP contribution in [0, 0.1) is 11.6 Å². The zero-order chi connectivity index (χ0) is 12.4. The number of hydrogen-bond donors (Lipinski definition) is 1. The van der Waals surface area contributed by atoms with Crippen LogP contribution in [0.3, 0.4) is 0 Å². The van der Waals surface area contributed by atoms with Gasteiger partial charge in [0.05, 0.1) is 0 Å². The van der Waals surface area contributed by atoms with E-state index in [0.717, 1.165) is 25.0 Å². The lowest BCUT2D eigenvalue weighted by atomic mass is 10.0. The fourth-order valence-electron chi connectivity index (χ4n) is 2.05. The van der Waals surface area contributed by atoms with E-state index in [1.54, 1.807) is 0 Å². The summed E-state index contributed by atoms with van der Waals surface area (Å²) in [5.41, 5.74) is 5.25. The zero-order valence-corrected chi connectivity index (χ0v) is 9.33. The van der Waals surface area contributed by atoms with Crippen molar-refractivity contribution in [1.29, 1.82) is 0 Å². The molecular formula is C12H14F2N2O. The summed E-state index contributed by atoms with van der Waals surface area (Å²) in [6.07, 6.45) is 1.60. The number of rotatable bonds is 1. The highest BCUT2D eigenvalue weighted by molar-refractivity contribution is 5.94. The molecule has 1 amide bonds. The molecule has 0 spiro atoms. The van der Waals surface area contributed by atoms with E-state index < -0.39 is 23.1 Å². The topological polar surface area (TPSA) is 46.3 Å². The van der Waals surface area contributed by atoms with E-state index >= 15 is 0 Å². The number of carbonyl (C=O) groups is 1. The second kappa shape index (κ2) is 4.79. The Kier molecular flexibility index (Phi) is 3.38. The van der Waals surface area contributed by atoms with Crippen molar-refractivity contribution in [3.63, 3.8) is 0 Å². The van der Waals surface area contributed by atoms with Gasteiger partial charge in [-0.3, -0.25) is 4.79 Å². The fraction of sp³-hybridized carbons (Fsp3) is 0.417. The van der Waals surface area contributed by atoms with Gasteiger partial charge >= 0.3 is 0 Å². The third-order valence-corrected chi connectivity index (χ3v) is 2.92. The van der Waals surface area contributed by atoms with E-state index in [-0.39, 0.29) is 6.04 Å². The smallest absolute Gasteiger partial charge is 0.259 e. The summed E-state index contributed by atoms with van der Waals surface area (Å²) >= 11 is 0. The Bertz CT molecular complexity index is 416. The lowest BCUT2D eigenvalue weighted by molar-refractivity contribution is 0.0699. The first-order valence-corrected chi connectivity index (χ1v) is 5.58. The summed E-state index contributed by atoms with van der Waals surface area (Å²) in [5.74, 6) is -2.26. The number of piperidine rings is 1. The van der Waals surface area contributed by atoms with Crippen molar-refractivity contribution in [2.24, 2.45) is 5.73 Å². The molecule has 92 valence electrons. The van der Waals surface area contributed by atoms with Crippen molar-refractivity contribution in [1.82, 2.24) is 4.90 Å². The first-order valence-electron chi connectivity index (χ1n) is 5.58. The second-order valence-electron chi connectivity index (χ2n) is 4.25. The summed E-state index contributed by atoms with van der Waals surface area (Å²) in [7, 11) is 0. The van der Waals surface area contributed by atoms with Gasteiger partial charge in [-0.1, -0.05) is 6.07 Å². The molecule has 0 radical (unpaired) electrons. The number of amides is 1. The summed E-state index contributed by atoms with van der Waals surface area (Å²) in [6.45, 7) is 0.854. The quantitative estimate of drug-likeness (QED) is 0.809. The molecule has 1 aromatic rings. The maximum absolute atomic E-state index is 13.4. The van der Waals surface area contributed by atoms with Crippen LogP contribution >= 0.6 is 0 Å². The molecular weight excluding hydrogens is 226 g/mol. The van der Waals surface area contributed by atoms with E-state index in [9.17, 15) is 13.6 Å². The molecule has 1 aliphatic rings. The minimum atomic E-state index is -0.825. The van der Waals surface area contributed by atoms with Crippen molar-refractivity contribution >= 4 is 5.91 Å². The highest BCUT2D eigenvalue weighted by Gasteiger charge is 2.26. The normalized spacial score (nSPS) is 20.4. The van der Waals surface area contributed by atoms with Gasteiger partial charge in [0, 0.05) is 19.1 Å². The molecule has 0 saturated carbocycles. The first-order chi connectivity index (χ1) is 8.09. The zero-order valence-electron chi connectivity index (χ0n) is 9.33. The molecule has 0 bridgehead atoms. The molecule has 1 fully saturated rings. The average molecular weight is 240 g/mol. The molecule has 1 heterocycles. The molecule has 17 heavy (non-hydrogen) atoms. The SMILES string of the molecule is N[C@@H]1CCCN(C(=O)c2c(F)cccc2F)C1. The van der Waals surface area contributed by atoms with Crippen LogP contribution in [0.25, 0.3) is 0 Å². The number of halogens is 2. The lowest BCUT2D eigenvalue weighted by Crippen LogP contribution is -2.46. The number of hydrogen-bond acceptors (Lipinski definition) is 2. The Morgan fingerprint density at radius 1 is 1.35 bits per heavy atom. The minimum absolute atomic E-state index is 0.109. The number of benzene rings is 1. The summed E-state index contributed by atoms with van der Waals surface area (Å²) < 4.78 is 26.9. The average Bonchev–Trinajstić information content (AvgIpc) is 2.28. The molecule has 2 rings (SSSR count). The molecule has 1 aliphatic heterocycles. The van der Waals surface area contributed by atoms with Crippen molar-refractivity contribution in [2.45, 2.75) is 18.9 Å². The van der Waals surface area contributed by atoms with E-state index in [0.29, 0.717) is 13.1 Å². The van der Waals surface area contributed by atoms with Gasteiger partial charge in [-0.25, -0.2) is 8.78 Å². The number of nitrogens with two attached hydrogens (primary N) is 1. The number of likely N-dealkylation sites (tertiary alicyclic amines) is 1. The second-order valence-corrected chi connectivity index (χ2v) is 4.25. The van der Waals surface area contributed by atoms with Gasteiger partial charge in [0.2, 0.25) is 0 Å². The first kappa shape index (κ1) is 12.0. The monoisotopic (exact) mass is 240 g/mol. The number of carbonyl (C=O) groups excluding carboxylic acids is 1. The van der Waals surface area contributed by atoms with E-state index in [2.05, 4.69) is 0 Å². The van der Waals surface area contributed by atoms with Crippen LogP contribution in [0.5, 0.6) is 0 Å². The maximum Gasteiger partial charge on any atom is 0.259 e. The van der Waals surface area contributed by atoms with Crippen LogP contribution in [-0.4, -0.2) is 29.9 Å². The lowest BCUT2D eigenvalue weighted by Gasteiger charge is -2.30. The van der Waals surface area contributed by atoms with E-state index in [1.165, 1.54) is 11.0 Å². The molecule has 2 N–H and O–H groups in total. The molecule has 0 aliphatic carbocycles. The van der Waals surface area contributed by atoms with E-state index in [4.69, 9.17) is 5.73 Å². The van der Waals surface area contributed by atoms with Crippen molar-refractivity contribution < 1.29 is 13.6 Å². The summed E-state index contributed by atoms with van der Waals surface area (Å²) in [4.78, 5) is 13.4. The highest BCUT2D eigenvalue weighted by atomic mass is 19.1. The Balaban J connectivity index is 2.24. The Hall–Kier alpha value is -1.49. The van der Waals surface area contributed by atoms with Crippen LogP contribution in [0.1, 0.15) is 23.2 Å². The Morgan fingerprint density at radius 2 is 2.00 bits per heavy atom. The van der Waals surface area contributed by atoms with Crippen molar-refractivity contribution in [3.8, 4) is 0 Å². The third kappa shape index (κ3) is 2.44. The van der Waals surface area contributed by atoms with Crippen molar-refractivity contribution in [2.75, 3.05) is 13.1 Å². The molecule has 1 atom stereocenters. The van der Waals surface area contributed by atoms with Gasteiger partial charge in [-0.2, -0.15) is 0 Å². The molecule has 0 aromatic heterocycles. The Morgan fingerprint density at radius 3 is 2.59 bits per heavy atom. The van der Waals surface area contributed by atoms with Gasteiger partial charge < -0.3 is 10.6 Å². The van der Waals surface area contributed by atoms with Gasteiger partial charge in [0.1, 0.15) is 17.2 Å². The van der Waals surface area contributed by atoms with E-state index in [1.807, 2.05) is 0 Å². The molecule has 5 heteroatoms. The summed E-state index contributed by atoms with van der Waals surface area (Å²) in [6, 6.07) is 3.30. The van der Waals surface area contributed by atoms with Crippen LogP contribution in [-0.2, 0) is 0 Å². The summed E-state index contributed by atoms with van der Waals surface area (Å²) in [5, 5.41) is 0. The van der Waals surface area contributed by atoms with Crippen LogP contribution in [0.2, 0.25) is 0 Å². The molecule has 1 aromatic carbocycles.